The van der Waals surface area contributed by atoms with Crippen LogP contribution in [0.5, 0.6) is 0 Å². The van der Waals surface area contributed by atoms with E-state index in [4.69, 9.17) is 11.6 Å². The Hall–Kier alpha value is -1.80. The van der Waals surface area contributed by atoms with Crippen LogP contribution in [0.15, 0.2) is 48.5 Å². The van der Waals surface area contributed by atoms with Gasteiger partial charge in [0.25, 0.3) is 0 Å². The van der Waals surface area contributed by atoms with Crippen molar-refractivity contribution in [1.82, 2.24) is 0 Å². The smallest absolute Gasteiger partial charge is 0.159 e. The molecule has 0 aliphatic rings. The van der Waals surface area contributed by atoms with Crippen molar-refractivity contribution in [2.24, 2.45) is 0 Å². The molecule has 1 N–H and O–H groups in total. The molecule has 2 nitrogen and oxygen atoms in total. The first kappa shape index (κ1) is 13.6. The van der Waals surface area contributed by atoms with Gasteiger partial charge in [-0.3, -0.25) is 4.79 Å². The Morgan fingerprint density at radius 1 is 1.11 bits per heavy atom. The minimum atomic E-state index is 0.0747. The van der Waals surface area contributed by atoms with Crippen LogP contribution in [0, 0.1) is 0 Å². The second-order valence-electron chi connectivity index (χ2n) is 4.52. The van der Waals surface area contributed by atoms with E-state index in [9.17, 15) is 4.79 Å². The van der Waals surface area contributed by atoms with Gasteiger partial charge >= 0.3 is 0 Å². The number of halogens is 1. The third-order valence-electron chi connectivity index (χ3n) is 3.05. The maximum absolute atomic E-state index is 11.2. The molecule has 0 bridgehead atoms. The van der Waals surface area contributed by atoms with Gasteiger partial charge in [0, 0.05) is 22.3 Å². The van der Waals surface area contributed by atoms with Gasteiger partial charge in [-0.05, 0) is 49.7 Å². The minimum absolute atomic E-state index is 0.0747. The molecule has 0 saturated heterocycles. The molecule has 2 rings (SSSR count). The van der Waals surface area contributed by atoms with E-state index in [1.54, 1.807) is 6.92 Å². The van der Waals surface area contributed by atoms with Gasteiger partial charge in [0.15, 0.2) is 5.78 Å². The number of anilines is 1. The number of hydrogen-bond donors (Lipinski definition) is 1. The summed E-state index contributed by atoms with van der Waals surface area (Å²) in [6.07, 6.45) is 0. The van der Waals surface area contributed by atoms with Gasteiger partial charge in [-0.25, -0.2) is 0 Å². The second kappa shape index (κ2) is 5.89. The van der Waals surface area contributed by atoms with Crippen molar-refractivity contribution in [2.75, 3.05) is 5.32 Å². The maximum atomic E-state index is 11.2. The number of Topliss-reactive ketones (excluding diaryl/α,β-unsaturated/α-hetero) is 1. The SMILES string of the molecule is CC(=O)c1ccc(NC(C)c2ccccc2Cl)cc1. The molecule has 0 amide bonds. The molecule has 3 heteroatoms. The van der Waals surface area contributed by atoms with Crippen LogP contribution in [0.1, 0.15) is 35.8 Å². The molecular formula is C16H16ClNO. The van der Waals surface area contributed by atoms with Crippen molar-refractivity contribution in [3.63, 3.8) is 0 Å². The Bertz CT molecular complexity index is 578. The third-order valence-corrected chi connectivity index (χ3v) is 3.39. The summed E-state index contributed by atoms with van der Waals surface area (Å²) in [6, 6.07) is 15.3. The molecule has 98 valence electrons. The van der Waals surface area contributed by atoms with E-state index in [0.717, 1.165) is 21.8 Å². The van der Waals surface area contributed by atoms with Gasteiger partial charge in [-0.1, -0.05) is 29.8 Å². The quantitative estimate of drug-likeness (QED) is 0.817. The number of benzene rings is 2. The molecule has 1 atom stereocenters. The predicted molar refractivity (Wildman–Crippen MR) is 79.9 cm³/mol. The highest BCUT2D eigenvalue weighted by molar-refractivity contribution is 6.31. The number of rotatable bonds is 4. The standard InChI is InChI=1S/C16H16ClNO/c1-11(15-5-3-4-6-16(15)17)18-14-9-7-13(8-10-14)12(2)19/h3-11,18H,1-2H3. The Morgan fingerprint density at radius 2 is 1.74 bits per heavy atom. The van der Waals surface area contributed by atoms with E-state index < -0.39 is 0 Å². The summed E-state index contributed by atoms with van der Waals surface area (Å²) in [6.45, 7) is 3.62. The van der Waals surface area contributed by atoms with Crippen LogP contribution in [0.2, 0.25) is 5.02 Å². The first-order valence-corrected chi connectivity index (χ1v) is 6.57. The molecule has 0 aromatic heterocycles. The summed E-state index contributed by atoms with van der Waals surface area (Å²) in [5, 5.41) is 4.12. The average molecular weight is 274 g/mol. The summed E-state index contributed by atoms with van der Waals surface area (Å²) >= 11 is 6.17. The Kier molecular flexibility index (Phi) is 4.23. The summed E-state index contributed by atoms with van der Waals surface area (Å²) < 4.78 is 0. The molecule has 0 radical (unpaired) electrons. The van der Waals surface area contributed by atoms with Crippen LogP contribution >= 0.6 is 11.6 Å². The van der Waals surface area contributed by atoms with Crippen molar-refractivity contribution in [3.05, 3.63) is 64.7 Å². The molecule has 0 heterocycles. The van der Waals surface area contributed by atoms with Gasteiger partial charge in [-0.15, -0.1) is 0 Å². The molecular weight excluding hydrogens is 258 g/mol. The molecule has 2 aromatic carbocycles. The van der Waals surface area contributed by atoms with E-state index in [0.29, 0.717) is 0 Å². The molecule has 0 fully saturated rings. The number of carbonyl (C=O) groups is 1. The fourth-order valence-electron chi connectivity index (χ4n) is 1.96. The van der Waals surface area contributed by atoms with Crippen LogP contribution < -0.4 is 5.32 Å². The second-order valence-corrected chi connectivity index (χ2v) is 4.93. The highest BCUT2D eigenvalue weighted by atomic mass is 35.5. The largest absolute Gasteiger partial charge is 0.378 e. The molecule has 19 heavy (non-hydrogen) atoms. The fourth-order valence-corrected chi connectivity index (χ4v) is 2.25. The molecule has 0 spiro atoms. The Morgan fingerprint density at radius 3 is 2.32 bits per heavy atom. The zero-order chi connectivity index (χ0) is 13.8. The summed E-state index contributed by atoms with van der Waals surface area (Å²) in [5.41, 5.74) is 2.74. The van der Waals surface area contributed by atoms with Gasteiger partial charge < -0.3 is 5.32 Å². The summed E-state index contributed by atoms with van der Waals surface area (Å²) in [7, 11) is 0. The van der Waals surface area contributed by atoms with Crippen molar-refractivity contribution in [2.45, 2.75) is 19.9 Å². The summed E-state index contributed by atoms with van der Waals surface area (Å²) in [5.74, 6) is 0.0747. The van der Waals surface area contributed by atoms with Crippen LogP contribution in [0.25, 0.3) is 0 Å². The van der Waals surface area contributed by atoms with Crippen molar-refractivity contribution >= 4 is 23.1 Å². The number of hydrogen-bond acceptors (Lipinski definition) is 2. The van der Waals surface area contributed by atoms with Gasteiger partial charge in [-0.2, -0.15) is 0 Å². The topological polar surface area (TPSA) is 29.1 Å². The van der Waals surface area contributed by atoms with Crippen molar-refractivity contribution < 1.29 is 4.79 Å². The molecule has 0 aliphatic carbocycles. The van der Waals surface area contributed by atoms with Gasteiger partial charge in [0.1, 0.15) is 0 Å². The lowest BCUT2D eigenvalue weighted by Crippen LogP contribution is -2.07. The number of carbonyl (C=O) groups excluding carboxylic acids is 1. The number of nitrogens with one attached hydrogen (secondary N) is 1. The lowest BCUT2D eigenvalue weighted by Gasteiger charge is -2.17. The lowest BCUT2D eigenvalue weighted by atomic mass is 10.1. The molecule has 1 unspecified atom stereocenters. The summed E-state index contributed by atoms with van der Waals surface area (Å²) in [4.78, 5) is 11.2. The zero-order valence-electron chi connectivity index (χ0n) is 11.0. The molecule has 0 saturated carbocycles. The maximum Gasteiger partial charge on any atom is 0.159 e. The highest BCUT2D eigenvalue weighted by Crippen LogP contribution is 2.25. The first-order chi connectivity index (χ1) is 9.08. The van der Waals surface area contributed by atoms with Crippen LogP contribution in [0.4, 0.5) is 5.69 Å². The van der Waals surface area contributed by atoms with E-state index in [-0.39, 0.29) is 11.8 Å². The first-order valence-electron chi connectivity index (χ1n) is 6.20. The minimum Gasteiger partial charge on any atom is -0.378 e. The fraction of sp³-hybridized carbons (Fsp3) is 0.188. The average Bonchev–Trinajstić information content (AvgIpc) is 2.39. The molecule has 2 aromatic rings. The monoisotopic (exact) mass is 273 g/mol. The van der Waals surface area contributed by atoms with Crippen LogP contribution in [0.3, 0.4) is 0 Å². The van der Waals surface area contributed by atoms with E-state index in [1.807, 2.05) is 48.5 Å². The Balaban J connectivity index is 2.13. The normalized spacial score (nSPS) is 11.9. The van der Waals surface area contributed by atoms with Crippen LogP contribution in [-0.2, 0) is 0 Å². The van der Waals surface area contributed by atoms with Crippen molar-refractivity contribution in [3.8, 4) is 0 Å². The van der Waals surface area contributed by atoms with E-state index in [2.05, 4.69) is 12.2 Å². The highest BCUT2D eigenvalue weighted by Gasteiger charge is 2.08. The number of ketones is 1. The molecule has 0 aliphatic heterocycles. The zero-order valence-corrected chi connectivity index (χ0v) is 11.7. The van der Waals surface area contributed by atoms with E-state index >= 15 is 0 Å². The van der Waals surface area contributed by atoms with E-state index in [1.165, 1.54) is 0 Å². The third kappa shape index (κ3) is 3.36. The predicted octanol–water partition coefficient (Wildman–Crippen LogP) is 4.72. The van der Waals surface area contributed by atoms with Crippen molar-refractivity contribution in [1.29, 1.82) is 0 Å². The van der Waals surface area contributed by atoms with Gasteiger partial charge in [0.2, 0.25) is 0 Å². The Labute approximate surface area is 118 Å². The lowest BCUT2D eigenvalue weighted by molar-refractivity contribution is 0.101. The van der Waals surface area contributed by atoms with Crippen LogP contribution in [-0.4, -0.2) is 5.78 Å². The van der Waals surface area contributed by atoms with Gasteiger partial charge in [0.05, 0.1) is 0 Å².